The molecule has 0 spiro atoms. The van der Waals surface area contributed by atoms with Gasteiger partial charge in [0.1, 0.15) is 5.60 Å². The molecule has 0 bridgehead atoms. The van der Waals surface area contributed by atoms with Gasteiger partial charge in [0.25, 0.3) is 0 Å². The summed E-state index contributed by atoms with van der Waals surface area (Å²) in [5, 5.41) is 10.2. The van der Waals surface area contributed by atoms with Crippen molar-refractivity contribution in [1.82, 2.24) is 0 Å². The van der Waals surface area contributed by atoms with Crippen molar-refractivity contribution in [1.29, 1.82) is 0 Å². The predicted molar refractivity (Wildman–Crippen MR) is 61.8 cm³/mol. The maximum Gasteiger partial charge on any atom is 0.338 e. The van der Waals surface area contributed by atoms with Gasteiger partial charge in [-0.15, -0.1) is 0 Å². The maximum absolute atomic E-state index is 11.8. The molecule has 0 aromatic heterocycles. The second-order valence-corrected chi connectivity index (χ2v) is 5.71. The lowest BCUT2D eigenvalue weighted by Crippen LogP contribution is -2.46. The first-order valence-electron chi connectivity index (χ1n) is 5.93. The number of rotatable bonds is 2. The van der Waals surface area contributed by atoms with Crippen LogP contribution in [0, 0.1) is 5.92 Å². The first kappa shape index (κ1) is 13.5. The van der Waals surface area contributed by atoms with Crippen molar-refractivity contribution >= 4 is 5.97 Å². The molecule has 0 saturated heterocycles. The molecular formula is C12H23NO3. The van der Waals surface area contributed by atoms with Crippen LogP contribution in [0.15, 0.2) is 0 Å². The Kier molecular flexibility index (Phi) is 3.97. The predicted octanol–water partition coefficient (Wildman–Crippen LogP) is 1.21. The van der Waals surface area contributed by atoms with Crippen LogP contribution in [0.2, 0.25) is 0 Å². The zero-order chi connectivity index (χ0) is 12.4. The lowest BCUT2D eigenvalue weighted by molar-refractivity contribution is -0.181. The van der Waals surface area contributed by atoms with Crippen molar-refractivity contribution in [2.45, 2.75) is 57.7 Å². The van der Waals surface area contributed by atoms with E-state index in [-0.39, 0.29) is 0 Å². The largest absolute Gasteiger partial charge is 0.458 e. The van der Waals surface area contributed by atoms with E-state index in [9.17, 15) is 9.90 Å². The summed E-state index contributed by atoms with van der Waals surface area (Å²) < 4.78 is 5.23. The highest BCUT2D eigenvalue weighted by molar-refractivity contribution is 5.79. The zero-order valence-corrected chi connectivity index (χ0v) is 10.5. The third kappa shape index (κ3) is 3.46. The van der Waals surface area contributed by atoms with Crippen LogP contribution in [-0.2, 0) is 9.53 Å². The Bertz CT molecular complexity index is 249. The molecule has 0 aliphatic heterocycles. The number of carbonyl (C=O) groups excluding carboxylic acids is 1. The smallest absolute Gasteiger partial charge is 0.338 e. The van der Waals surface area contributed by atoms with Gasteiger partial charge in [0, 0.05) is 0 Å². The zero-order valence-electron chi connectivity index (χ0n) is 10.5. The van der Waals surface area contributed by atoms with Crippen LogP contribution in [0.4, 0.5) is 0 Å². The topological polar surface area (TPSA) is 72.5 Å². The van der Waals surface area contributed by atoms with Gasteiger partial charge in [-0.1, -0.05) is 0 Å². The summed E-state index contributed by atoms with van der Waals surface area (Å²) in [5.74, 6) is -0.0572. The van der Waals surface area contributed by atoms with Gasteiger partial charge in [-0.05, 0) is 58.9 Å². The fourth-order valence-corrected chi connectivity index (χ4v) is 1.97. The number of carbonyl (C=O) groups is 1. The summed E-state index contributed by atoms with van der Waals surface area (Å²) >= 11 is 0. The van der Waals surface area contributed by atoms with Gasteiger partial charge in [-0.25, -0.2) is 4.79 Å². The Hall–Kier alpha value is -0.610. The first-order chi connectivity index (χ1) is 7.27. The van der Waals surface area contributed by atoms with Gasteiger partial charge >= 0.3 is 5.97 Å². The molecule has 0 aromatic rings. The molecule has 94 valence electrons. The summed E-state index contributed by atoms with van der Waals surface area (Å²) in [7, 11) is 0. The van der Waals surface area contributed by atoms with E-state index in [4.69, 9.17) is 10.5 Å². The minimum absolute atomic E-state index is 0.433. The van der Waals surface area contributed by atoms with Gasteiger partial charge in [0.15, 0.2) is 5.60 Å². The molecule has 1 aliphatic rings. The number of nitrogens with two attached hydrogens (primary N) is 1. The van der Waals surface area contributed by atoms with Crippen molar-refractivity contribution < 1.29 is 14.6 Å². The SMILES string of the molecule is CC(C)(C)OC(=O)C1(O)CCC(CN)CC1. The van der Waals surface area contributed by atoms with E-state index in [2.05, 4.69) is 0 Å². The summed E-state index contributed by atoms with van der Waals surface area (Å²) in [6.07, 6.45) is 2.52. The Morgan fingerprint density at radius 3 is 2.31 bits per heavy atom. The highest BCUT2D eigenvalue weighted by Gasteiger charge is 2.42. The third-order valence-electron chi connectivity index (χ3n) is 3.04. The van der Waals surface area contributed by atoms with Crippen molar-refractivity contribution in [2.75, 3.05) is 6.54 Å². The van der Waals surface area contributed by atoms with Crippen LogP contribution in [-0.4, -0.2) is 28.8 Å². The molecule has 1 fully saturated rings. The Balaban J connectivity index is 2.56. The molecule has 1 rings (SSSR count). The van der Waals surface area contributed by atoms with Crippen LogP contribution in [0.5, 0.6) is 0 Å². The van der Waals surface area contributed by atoms with Gasteiger partial charge in [0.2, 0.25) is 0 Å². The lowest BCUT2D eigenvalue weighted by Gasteiger charge is -2.35. The van der Waals surface area contributed by atoms with Gasteiger partial charge in [0.05, 0.1) is 0 Å². The van der Waals surface area contributed by atoms with E-state index in [1.807, 2.05) is 0 Å². The van der Waals surface area contributed by atoms with Crippen molar-refractivity contribution in [3.8, 4) is 0 Å². The fourth-order valence-electron chi connectivity index (χ4n) is 1.97. The molecule has 16 heavy (non-hydrogen) atoms. The Morgan fingerprint density at radius 1 is 1.44 bits per heavy atom. The molecule has 4 nitrogen and oxygen atoms in total. The Labute approximate surface area is 97.2 Å². The summed E-state index contributed by atoms with van der Waals surface area (Å²) in [6, 6.07) is 0. The number of hydrogen-bond donors (Lipinski definition) is 2. The molecule has 0 radical (unpaired) electrons. The monoisotopic (exact) mass is 229 g/mol. The van der Waals surface area contributed by atoms with Crippen LogP contribution in [0.25, 0.3) is 0 Å². The van der Waals surface area contributed by atoms with E-state index in [0.717, 1.165) is 12.8 Å². The fraction of sp³-hybridized carbons (Fsp3) is 0.917. The average Bonchev–Trinajstić information content (AvgIpc) is 2.16. The molecule has 0 unspecified atom stereocenters. The van der Waals surface area contributed by atoms with Gasteiger partial charge < -0.3 is 15.6 Å². The number of aliphatic hydroxyl groups is 1. The lowest BCUT2D eigenvalue weighted by atomic mass is 9.79. The number of esters is 1. The molecule has 1 saturated carbocycles. The number of hydrogen-bond acceptors (Lipinski definition) is 4. The van der Waals surface area contributed by atoms with Gasteiger partial charge in [-0.2, -0.15) is 0 Å². The van der Waals surface area contributed by atoms with E-state index < -0.39 is 17.2 Å². The second-order valence-electron chi connectivity index (χ2n) is 5.71. The number of ether oxygens (including phenoxy) is 1. The summed E-state index contributed by atoms with van der Waals surface area (Å²) in [6.45, 7) is 6.05. The van der Waals surface area contributed by atoms with Crippen molar-refractivity contribution in [2.24, 2.45) is 11.7 Å². The second kappa shape index (κ2) is 4.72. The quantitative estimate of drug-likeness (QED) is 0.698. The van der Waals surface area contributed by atoms with E-state index in [0.29, 0.717) is 25.3 Å². The highest BCUT2D eigenvalue weighted by Crippen LogP contribution is 2.33. The first-order valence-corrected chi connectivity index (χ1v) is 5.93. The van der Waals surface area contributed by atoms with Crippen LogP contribution in [0.1, 0.15) is 46.5 Å². The van der Waals surface area contributed by atoms with Crippen LogP contribution in [0.3, 0.4) is 0 Å². The maximum atomic E-state index is 11.8. The molecular weight excluding hydrogens is 206 g/mol. The molecule has 1 aliphatic carbocycles. The normalized spacial score (nSPS) is 31.2. The molecule has 0 atom stereocenters. The Morgan fingerprint density at radius 2 is 1.94 bits per heavy atom. The molecule has 0 aromatic carbocycles. The summed E-state index contributed by atoms with van der Waals surface area (Å²) in [5.41, 5.74) is 3.74. The van der Waals surface area contributed by atoms with Crippen molar-refractivity contribution in [3.05, 3.63) is 0 Å². The molecule has 4 heteroatoms. The summed E-state index contributed by atoms with van der Waals surface area (Å²) in [4.78, 5) is 11.8. The standard InChI is InChI=1S/C12H23NO3/c1-11(2,3)16-10(14)12(15)6-4-9(8-13)5-7-12/h9,15H,4-8,13H2,1-3H3. The molecule has 0 heterocycles. The molecule has 0 amide bonds. The van der Waals surface area contributed by atoms with Crippen LogP contribution < -0.4 is 5.73 Å². The van der Waals surface area contributed by atoms with E-state index >= 15 is 0 Å². The highest BCUT2D eigenvalue weighted by atomic mass is 16.6. The molecule has 3 N–H and O–H groups in total. The van der Waals surface area contributed by atoms with Gasteiger partial charge in [-0.3, -0.25) is 0 Å². The van der Waals surface area contributed by atoms with E-state index in [1.165, 1.54) is 0 Å². The average molecular weight is 229 g/mol. The minimum Gasteiger partial charge on any atom is -0.458 e. The van der Waals surface area contributed by atoms with Crippen LogP contribution >= 0.6 is 0 Å². The minimum atomic E-state index is -1.29. The third-order valence-corrected chi connectivity index (χ3v) is 3.04. The van der Waals surface area contributed by atoms with E-state index in [1.54, 1.807) is 20.8 Å². The van der Waals surface area contributed by atoms with Crippen molar-refractivity contribution in [3.63, 3.8) is 0 Å².